The first-order chi connectivity index (χ1) is 9.79. The average Bonchev–Trinajstić information content (AvgIpc) is 2.87. The molecule has 1 aromatic carbocycles. The summed E-state index contributed by atoms with van der Waals surface area (Å²) in [6.45, 7) is 3.58. The van der Waals surface area contributed by atoms with E-state index in [2.05, 4.69) is 9.82 Å². The summed E-state index contributed by atoms with van der Waals surface area (Å²) in [5.74, 6) is -0.599. The fourth-order valence-corrected chi connectivity index (χ4v) is 3.33. The number of aryl methyl sites for hydroxylation is 1. The molecule has 6 nitrogen and oxygen atoms in total. The minimum atomic E-state index is -3.76. The summed E-state index contributed by atoms with van der Waals surface area (Å²) in [5, 5.41) is 4.01. The van der Waals surface area contributed by atoms with Gasteiger partial charge in [-0.25, -0.2) is 17.5 Å². The van der Waals surface area contributed by atoms with E-state index in [4.69, 9.17) is 5.73 Å². The fraction of sp³-hybridized carbons (Fsp3) is 0.308. The number of nitrogens with one attached hydrogen (secondary N) is 1. The molecular formula is C13H17FN4O2S. The molecule has 0 aliphatic rings. The molecule has 8 heteroatoms. The molecule has 2 rings (SSSR count). The number of nitrogen functional groups attached to an aromatic ring is 1. The van der Waals surface area contributed by atoms with Crippen LogP contribution >= 0.6 is 0 Å². The number of sulfonamides is 1. The molecule has 2 aromatic rings. The lowest BCUT2D eigenvalue weighted by molar-refractivity contribution is 0.494. The lowest BCUT2D eigenvalue weighted by Crippen LogP contribution is -2.35. The van der Waals surface area contributed by atoms with Gasteiger partial charge in [0.2, 0.25) is 10.0 Å². The fourth-order valence-electron chi connectivity index (χ4n) is 1.98. The van der Waals surface area contributed by atoms with Crippen LogP contribution in [0.2, 0.25) is 0 Å². The van der Waals surface area contributed by atoms with Crippen molar-refractivity contribution in [1.82, 2.24) is 14.5 Å². The molecule has 0 aliphatic heterocycles. The van der Waals surface area contributed by atoms with E-state index in [9.17, 15) is 12.8 Å². The van der Waals surface area contributed by atoms with Gasteiger partial charge in [-0.05, 0) is 37.6 Å². The quantitative estimate of drug-likeness (QED) is 0.814. The summed E-state index contributed by atoms with van der Waals surface area (Å²) in [7, 11) is -3.76. The molecule has 114 valence electrons. The maximum Gasteiger partial charge on any atom is 0.240 e. The van der Waals surface area contributed by atoms with Crippen LogP contribution < -0.4 is 10.5 Å². The van der Waals surface area contributed by atoms with E-state index in [0.29, 0.717) is 6.54 Å². The number of aromatic nitrogens is 2. The van der Waals surface area contributed by atoms with E-state index >= 15 is 0 Å². The molecule has 1 heterocycles. The number of rotatable bonds is 5. The highest BCUT2D eigenvalue weighted by atomic mass is 32.2. The topological polar surface area (TPSA) is 90.0 Å². The Hall–Kier alpha value is -1.93. The summed E-state index contributed by atoms with van der Waals surface area (Å²) in [6, 6.07) is 3.76. The van der Waals surface area contributed by atoms with E-state index in [1.807, 2.05) is 0 Å². The van der Waals surface area contributed by atoms with Crippen LogP contribution in [0.5, 0.6) is 0 Å². The molecule has 0 aliphatic carbocycles. The highest BCUT2D eigenvalue weighted by Gasteiger charge is 2.20. The zero-order chi connectivity index (χ0) is 15.6. The highest BCUT2D eigenvalue weighted by molar-refractivity contribution is 7.89. The number of anilines is 1. The van der Waals surface area contributed by atoms with Crippen LogP contribution in [-0.4, -0.2) is 24.2 Å². The summed E-state index contributed by atoms with van der Waals surface area (Å²) in [4.78, 5) is -0.0498. The predicted octanol–water partition coefficient (Wildman–Crippen LogP) is 1.28. The van der Waals surface area contributed by atoms with Crippen LogP contribution in [0.25, 0.3) is 0 Å². The molecule has 0 saturated heterocycles. The number of benzene rings is 1. The second kappa shape index (κ2) is 5.82. The van der Waals surface area contributed by atoms with Gasteiger partial charge in [-0.3, -0.25) is 4.68 Å². The van der Waals surface area contributed by atoms with E-state index in [-0.39, 0.29) is 22.2 Å². The monoisotopic (exact) mass is 312 g/mol. The van der Waals surface area contributed by atoms with Crippen molar-refractivity contribution in [2.75, 3.05) is 5.73 Å². The second-order valence-electron chi connectivity index (χ2n) is 4.89. The van der Waals surface area contributed by atoms with E-state index < -0.39 is 15.8 Å². The molecular weight excluding hydrogens is 295 g/mol. The van der Waals surface area contributed by atoms with Crippen molar-refractivity contribution in [2.24, 2.45) is 0 Å². The number of halogens is 1. The lowest BCUT2D eigenvalue weighted by atomic mass is 10.2. The lowest BCUT2D eigenvalue weighted by Gasteiger charge is -2.15. The summed E-state index contributed by atoms with van der Waals surface area (Å²) in [5.41, 5.74) is 5.48. The predicted molar refractivity (Wildman–Crippen MR) is 77.6 cm³/mol. The molecule has 0 amide bonds. The van der Waals surface area contributed by atoms with Crippen LogP contribution in [-0.2, 0) is 16.6 Å². The van der Waals surface area contributed by atoms with Crippen LogP contribution in [0.15, 0.2) is 35.5 Å². The summed E-state index contributed by atoms with van der Waals surface area (Å²) in [6.07, 6.45) is 3.36. The Morgan fingerprint density at radius 2 is 2.19 bits per heavy atom. The Morgan fingerprint density at radius 3 is 2.76 bits per heavy atom. The Bertz CT molecular complexity index is 706. The largest absolute Gasteiger partial charge is 0.396 e. The van der Waals surface area contributed by atoms with Gasteiger partial charge in [0.1, 0.15) is 5.82 Å². The van der Waals surface area contributed by atoms with Crippen molar-refractivity contribution in [3.8, 4) is 0 Å². The maximum atomic E-state index is 13.5. The van der Waals surface area contributed by atoms with Gasteiger partial charge in [-0.15, -0.1) is 0 Å². The first-order valence-electron chi connectivity index (χ1n) is 6.35. The van der Waals surface area contributed by atoms with Crippen molar-refractivity contribution in [3.05, 3.63) is 42.0 Å². The van der Waals surface area contributed by atoms with Crippen LogP contribution in [0.1, 0.15) is 12.5 Å². The molecule has 0 radical (unpaired) electrons. The molecule has 1 atom stereocenters. The Morgan fingerprint density at radius 1 is 1.48 bits per heavy atom. The van der Waals surface area contributed by atoms with E-state index in [0.717, 1.165) is 6.07 Å². The van der Waals surface area contributed by atoms with Crippen molar-refractivity contribution in [2.45, 2.75) is 31.3 Å². The third kappa shape index (κ3) is 3.59. The molecule has 0 spiro atoms. The van der Waals surface area contributed by atoms with Gasteiger partial charge in [0, 0.05) is 18.4 Å². The number of hydrogen-bond acceptors (Lipinski definition) is 4. The van der Waals surface area contributed by atoms with E-state index in [1.54, 1.807) is 30.1 Å². The molecule has 0 bridgehead atoms. The Balaban J connectivity index is 2.18. The van der Waals surface area contributed by atoms with Crippen molar-refractivity contribution in [1.29, 1.82) is 0 Å². The van der Waals surface area contributed by atoms with Crippen molar-refractivity contribution in [3.63, 3.8) is 0 Å². The smallest absolute Gasteiger partial charge is 0.240 e. The minimum Gasteiger partial charge on any atom is -0.396 e. The Labute approximate surface area is 122 Å². The average molecular weight is 312 g/mol. The zero-order valence-electron chi connectivity index (χ0n) is 11.7. The highest BCUT2D eigenvalue weighted by Crippen LogP contribution is 2.21. The van der Waals surface area contributed by atoms with Crippen molar-refractivity contribution >= 4 is 15.7 Å². The molecule has 0 saturated carbocycles. The van der Waals surface area contributed by atoms with Gasteiger partial charge < -0.3 is 5.73 Å². The van der Waals surface area contributed by atoms with Gasteiger partial charge in [-0.1, -0.05) is 0 Å². The van der Waals surface area contributed by atoms with Gasteiger partial charge in [0.25, 0.3) is 0 Å². The van der Waals surface area contributed by atoms with Gasteiger partial charge >= 0.3 is 0 Å². The molecule has 1 unspecified atom stereocenters. The normalized spacial score (nSPS) is 13.3. The Kier molecular flexibility index (Phi) is 4.29. The van der Waals surface area contributed by atoms with Crippen LogP contribution in [0.4, 0.5) is 10.1 Å². The molecule has 0 fully saturated rings. The SMILES string of the molecule is Cc1cc(S(=O)(=O)NC(C)Cn2cccn2)cc(N)c1F. The first kappa shape index (κ1) is 15.5. The number of nitrogens with two attached hydrogens (primary N) is 1. The molecule has 1 aromatic heterocycles. The maximum absolute atomic E-state index is 13.5. The third-order valence-corrected chi connectivity index (χ3v) is 4.51. The zero-order valence-corrected chi connectivity index (χ0v) is 12.6. The molecule has 3 N–H and O–H groups in total. The van der Waals surface area contributed by atoms with E-state index in [1.165, 1.54) is 13.0 Å². The van der Waals surface area contributed by atoms with Gasteiger partial charge in [-0.2, -0.15) is 5.10 Å². The second-order valence-corrected chi connectivity index (χ2v) is 6.61. The van der Waals surface area contributed by atoms with Gasteiger partial charge in [0.05, 0.1) is 17.1 Å². The van der Waals surface area contributed by atoms with Crippen LogP contribution in [0, 0.1) is 12.7 Å². The number of nitrogens with zero attached hydrogens (tertiary/aromatic N) is 2. The summed E-state index contributed by atoms with van der Waals surface area (Å²) >= 11 is 0. The third-order valence-electron chi connectivity index (χ3n) is 2.94. The van der Waals surface area contributed by atoms with Gasteiger partial charge in [0.15, 0.2) is 0 Å². The number of hydrogen-bond donors (Lipinski definition) is 2. The van der Waals surface area contributed by atoms with Crippen molar-refractivity contribution < 1.29 is 12.8 Å². The van der Waals surface area contributed by atoms with Crippen LogP contribution in [0.3, 0.4) is 0 Å². The summed E-state index contributed by atoms with van der Waals surface area (Å²) < 4.78 is 42.1. The molecule has 21 heavy (non-hydrogen) atoms. The standard InChI is InChI=1S/C13H17FN4O2S/c1-9-6-11(7-12(15)13(9)14)21(19,20)17-10(2)8-18-5-3-4-16-18/h3-7,10,17H,8,15H2,1-2H3. The minimum absolute atomic E-state index is 0.0498. The first-order valence-corrected chi connectivity index (χ1v) is 7.83.